The highest BCUT2D eigenvalue weighted by Crippen LogP contribution is 2.18. The van der Waals surface area contributed by atoms with Crippen LogP contribution in [0.15, 0.2) is 34.9 Å². The first-order chi connectivity index (χ1) is 10.1. The molecule has 2 aromatic rings. The van der Waals surface area contributed by atoms with Crippen molar-refractivity contribution in [3.05, 3.63) is 36.2 Å². The highest BCUT2D eigenvalue weighted by Gasteiger charge is 2.16. The molecule has 2 atom stereocenters. The van der Waals surface area contributed by atoms with Crippen molar-refractivity contribution in [2.45, 2.75) is 32.2 Å². The van der Waals surface area contributed by atoms with Crippen LogP contribution in [0.2, 0.25) is 0 Å². The average molecular weight is 325 g/mol. The number of nitrogens with one attached hydrogen (secondary N) is 1. The van der Waals surface area contributed by atoms with E-state index in [9.17, 15) is 4.79 Å². The summed E-state index contributed by atoms with van der Waals surface area (Å²) in [5.74, 6) is 0.945. The zero-order valence-corrected chi connectivity index (χ0v) is 13.5. The number of hydrogen-bond acceptors (Lipinski definition) is 5. The van der Waals surface area contributed by atoms with Gasteiger partial charge >= 0.3 is 0 Å². The molecule has 1 aromatic carbocycles. The zero-order chi connectivity index (χ0) is 15.2. The van der Waals surface area contributed by atoms with Crippen LogP contribution in [0.5, 0.6) is 0 Å². The Kier molecular flexibility index (Phi) is 7.01. The number of benzene rings is 1. The topological polar surface area (TPSA) is 94.0 Å². The Morgan fingerprint density at radius 3 is 2.64 bits per heavy atom. The van der Waals surface area contributed by atoms with Crippen LogP contribution in [0.1, 0.15) is 32.1 Å². The number of aromatic nitrogens is 2. The summed E-state index contributed by atoms with van der Waals surface area (Å²) in [6.07, 6.45) is 0.311. The summed E-state index contributed by atoms with van der Waals surface area (Å²) in [5, 5.41) is 6.78. The van der Waals surface area contributed by atoms with Gasteiger partial charge in [0.2, 0.25) is 17.6 Å². The number of amides is 1. The van der Waals surface area contributed by atoms with E-state index >= 15 is 0 Å². The summed E-state index contributed by atoms with van der Waals surface area (Å²) in [5.41, 5.74) is 6.48. The maximum absolute atomic E-state index is 11.6. The van der Waals surface area contributed by atoms with Gasteiger partial charge < -0.3 is 15.6 Å². The smallest absolute Gasteiger partial charge is 0.231 e. The Labute approximate surface area is 135 Å². The molecule has 0 spiro atoms. The van der Waals surface area contributed by atoms with E-state index in [2.05, 4.69) is 15.5 Å². The summed E-state index contributed by atoms with van der Waals surface area (Å²) in [6, 6.07) is 9.47. The molecule has 1 amide bonds. The van der Waals surface area contributed by atoms with E-state index in [0.717, 1.165) is 5.56 Å². The van der Waals surface area contributed by atoms with Crippen LogP contribution in [0.3, 0.4) is 0 Å². The Morgan fingerprint density at radius 1 is 1.32 bits per heavy atom. The van der Waals surface area contributed by atoms with Crippen LogP contribution in [0, 0.1) is 0 Å². The predicted molar refractivity (Wildman–Crippen MR) is 86.7 cm³/mol. The third kappa shape index (κ3) is 5.13. The van der Waals surface area contributed by atoms with E-state index in [-0.39, 0.29) is 30.3 Å². The van der Waals surface area contributed by atoms with E-state index in [1.807, 2.05) is 37.3 Å². The molecular weight excluding hydrogens is 304 g/mol. The summed E-state index contributed by atoms with van der Waals surface area (Å²) in [6.45, 7) is 4.17. The average Bonchev–Trinajstić information content (AvgIpc) is 2.95. The van der Waals surface area contributed by atoms with E-state index in [0.29, 0.717) is 24.7 Å². The molecule has 0 saturated heterocycles. The highest BCUT2D eigenvalue weighted by atomic mass is 35.5. The molecule has 0 fully saturated rings. The lowest BCUT2D eigenvalue weighted by molar-refractivity contribution is -0.121. The van der Waals surface area contributed by atoms with Gasteiger partial charge in [-0.25, -0.2) is 0 Å². The van der Waals surface area contributed by atoms with Crippen molar-refractivity contribution in [1.29, 1.82) is 0 Å². The van der Waals surface area contributed by atoms with Gasteiger partial charge in [0.1, 0.15) is 0 Å². The summed E-state index contributed by atoms with van der Waals surface area (Å²) < 4.78 is 5.26. The quantitative estimate of drug-likeness (QED) is 0.848. The van der Waals surface area contributed by atoms with Gasteiger partial charge in [0.25, 0.3) is 0 Å². The molecule has 1 aromatic heterocycles. The summed E-state index contributed by atoms with van der Waals surface area (Å²) >= 11 is 0. The molecule has 0 bridgehead atoms. The lowest BCUT2D eigenvalue weighted by atomic mass is 10.1. The molecule has 3 N–H and O–H groups in total. The Bertz CT molecular complexity index is 586. The molecule has 0 saturated carbocycles. The number of nitrogens with two attached hydrogens (primary N) is 1. The van der Waals surface area contributed by atoms with Crippen molar-refractivity contribution >= 4 is 18.3 Å². The maximum atomic E-state index is 11.6. The molecule has 0 radical (unpaired) electrons. The van der Waals surface area contributed by atoms with Crippen molar-refractivity contribution in [2.75, 3.05) is 6.54 Å². The van der Waals surface area contributed by atoms with E-state index in [1.165, 1.54) is 0 Å². The number of halogens is 1. The molecule has 0 aliphatic rings. The fourth-order valence-electron chi connectivity index (χ4n) is 1.86. The van der Waals surface area contributed by atoms with Gasteiger partial charge in [0, 0.05) is 24.6 Å². The van der Waals surface area contributed by atoms with Crippen molar-refractivity contribution in [3.8, 4) is 11.4 Å². The summed E-state index contributed by atoms with van der Waals surface area (Å²) in [7, 11) is 0. The van der Waals surface area contributed by atoms with Crippen LogP contribution in [-0.4, -0.2) is 28.6 Å². The van der Waals surface area contributed by atoms with Gasteiger partial charge in [-0.15, -0.1) is 12.4 Å². The fraction of sp³-hybridized carbons (Fsp3) is 0.400. The second-order valence-corrected chi connectivity index (χ2v) is 5.21. The van der Waals surface area contributed by atoms with Crippen LogP contribution in [-0.2, 0) is 4.79 Å². The number of nitrogens with zero attached hydrogens (tertiary/aromatic N) is 2. The third-order valence-corrected chi connectivity index (χ3v) is 3.01. The molecular formula is C15H21ClN4O2. The maximum Gasteiger partial charge on any atom is 0.231 e. The van der Waals surface area contributed by atoms with Crippen LogP contribution < -0.4 is 11.1 Å². The van der Waals surface area contributed by atoms with Gasteiger partial charge in [-0.2, -0.15) is 4.98 Å². The van der Waals surface area contributed by atoms with Crippen LogP contribution in [0.25, 0.3) is 11.4 Å². The van der Waals surface area contributed by atoms with E-state index < -0.39 is 0 Å². The number of rotatable bonds is 6. The van der Waals surface area contributed by atoms with Gasteiger partial charge in [0.15, 0.2) is 0 Å². The lowest BCUT2D eigenvalue weighted by Crippen LogP contribution is -2.32. The molecule has 6 nitrogen and oxygen atoms in total. The lowest BCUT2D eigenvalue weighted by Gasteiger charge is -2.09. The molecule has 2 unspecified atom stereocenters. The third-order valence-electron chi connectivity index (χ3n) is 3.01. The first kappa shape index (κ1) is 18.1. The van der Waals surface area contributed by atoms with E-state index in [4.69, 9.17) is 10.3 Å². The highest BCUT2D eigenvalue weighted by molar-refractivity contribution is 5.85. The Balaban J connectivity index is 0.00000242. The number of carbonyl (C=O) groups is 1. The minimum absolute atomic E-state index is 0. The first-order valence-corrected chi connectivity index (χ1v) is 6.97. The molecule has 1 heterocycles. The minimum atomic E-state index is -0.145. The Hall–Kier alpha value is -1.92. The molecule has 7 heteroatoms. The van der Waals surface area contributed by atoms with Crippen LogP contribution in [0.4, 0.5) is 0 Å². The molecule has 0 aliphatic heterocycles. The molecule has 0 aliphatic carbocycles. The minimum Gasteiger partial charge on any atom is -0.355 e. The second kappa shape index (κ2) is 8.51. The molecule has 2 rings (SSSR count). The van der Waals surface area contributed by atoms with Gasteiger partial charge in [0.05, 0.1) is 5.92 Å². The SMILES string of the molecule is CC(N)CC(=O)NCC(C)c1nc(-c2ccccc2)no1.Cl. The second-order valence-electron chi connectivity index (χ2n) is 5.21. The molecule has 22 heavy (non-hydrogen) atoms. The van der Waals surface area contributed by atoms with Crippen molar-refractivity contribution in [1.82, 2.24) is 15.5 Å². The standard InChI is InChI=1S/C15H20N4O2.ClH/c1-10(9-17-13(20)8-11(2)16)15-18-14(19-21-15)12-6-4-3-5-7-12;/h3-7,10-11H,8-9,16H2,1-2H3,(H,17,20);1H. The van der Waals surface area contributed by atoms with Crippen molar-refractivity contribution in [2.24, 2.45) is 5.73 Å². The van der Waals surface area contributed by atoms with Crippen molar-refractivity contribution in [3.63, 3.8) is 0 Å². The normalized spacial score (nSPS) is 13.0. The monoisotopic (exact) mass is 324 g/mol. The van der Waals surface area contributed by atoms with Gasteiger partial charge in [-0.05, 0) is 6.92 Å². The summed E-state index contributed by atoms with van der Waals surface area (Å²) in [4.78, 5) is 15.9. The van der Waals surface area contributed by atoms with Gasteiger partial charge in [-0.3, -0.25) is 4.79 Å². The fourth-order valence-corrected chi connectivity index (χ4v) is 1.86. The largest absolute Gasteiger partial charge is 0.355 e. The zero-order valence-electron chi connectivity index (χ0n) is 12.7. The number of hydrogen-bond donors (Lipinski definition) is 2. The van der Waals surface area contributed by atoms with Crippen molar-refractivity contribution < 1.29 is 9.32 Å². The van der Waals surface area contributed by atoms with Crippen LogP contribution >= 0.6 is 12.4 Å². The number of carbonyl (C=O) groups excluding carboxylic acids is 1. The predicted octanol–water partition coefficient (Wildman–Crippen LogP) is 2.12. The van der Waals surface area contributed by atoms with Gasteiger partial charge in [-0.1, -0.05) is 42.4 Å². The molecule has 120 valence electrons. The Morgan fingerprint density at radius 2 is 2.00 bits per heavy atom. The van der Waals surface area contributed by atoms with E-state index in [1.54, 1.807) is 6.92 Å². The first-order valence-electron chi connectivity index (χ1n) is 6.97.